The predicted octanol–water partition coefficient (Wildman–Crippen LogP) is 3.16. The van der Waals surface area contributed by atoms with E-state index in [4.69, 9.17) is 4.74 Å². The number of amides is 1. The van der Waals surface area contributed by atoms with Gasteiger partial charge < -0.3 is 4.74 Å². The molecule has 6 nitrogen and oxygen atoms in total. The molecule has 1 amide bonds. The van der Waals surface area contributed by atoms with E-state index in [1.807, 2.05) is 19.2 Å². The second kappa shape index (κ2) is 6.57. The van der Waals surface area contributed by atoms with Gasteiger partial charge in [-0.3, -0.25) is 14.4 Å². The van der Waals surface area contributed by atoms with Crippen LogP contribution in [0.4, 0.5) is 5.13 Å². The van der Waals surface area contributed by atoms with Crippen LogP contribution in [0.2, 0.25) is 0 Å². The standard InChI is InChI=1S/C18H20N4O2S/c1-12-5-6-14-16(10-12)25-18(19-14)22(11-13-4-3-9-24-13)17(23)15-7-8-21(2)20-15/h5-8,10,13H,3-4,9,11H2,1-2H3/t13-/m0/s1. The highest BCUT2D eigenvalue weighted by Gasteiger charge is 2.28. The Bertz CT molecular complexity index is 911. The first kappa shape index (κ1) is 16.2. The number of carbonyl (C=O) groups excluding carboxylic acids is 1. The lowest BCUT2D eigenvalue weighted by molar-refractivity contribution is 0.0913. The molecule has 0 saturated carbocycles. The quantitative estimate of drug-likeness (QED) is 0.720. The number of nitrogens with zero attached hydrogens (tertiary/aromatic N) is 4. The van der Waals surface area contributed by atoms with E-state index >= 15 is 0 Å². The third-order valence-electron chi connectivity index (χ3n) is 4.35. The summed E-state index contributed by atoms with van der Waals surface area (Å²) in [5.74, 6) is -0.133. The highest BCUT2D eigenvalue weighted by atomic mass is 32.1. The minimum Gasteiger partial charge on any atom is -0.376 e. The molecule has 0 N–H and O–H groups in total. The molecule has 1 aromatic carbocycles. The summed E-state index contributed by atoms with van der Waals surface area (Å²) >= 11 is 1.54. The molecule has 0 spiro atoms. The Morgan fingerprint density at radius 3 is 3.04 bits per heavy atom. The van der Waals surface area contributed by atoms with Crippen LogP contribution in [0.15, 0.2) is 30.5 Å². The summed E-state index contributed by atoms with van der Waals surface area (Å²) in [7, 11) is 1.81. The second-order valence-corrected chi connectivity index (χ2v) is 7.40. The number of benzene rings is 1. The van der Waals surface area contributed by atoms with Crippen LogP contribution in [-0.4, -0.2) is 39.9 Å². The summed E-state index contributed by atoms with van der Waals surface area (Å²) in [5.41, 5.74) is 2.53. The number of anilines is 1. The third kappa shape index (κ3) is 3.29. The van der Waals surface area contributed by atoms with E-state index in [2.05, 4.69) is 23.1 Å². The van der Waals surface area contributed by atoms with E-state index in [-0.39, 0.29) is 12.0 Å². The van der Waals surface area contributed by atoms with Crippen molar-refractivity contribution in [3.8, 4) is 0 Å². The summed E-state index contributed by atoms with van der Waals surface area (Å²) < 4.78 is 8.47. The van der Waals surface area contributed by atoms with Gasteiger partial charge in [-0.2, -0.15) is 5.10 Å². The Labute approximate surface area is 150 Å². The summed E-state index contributed by atoms with van der Waals surface area (Å²) in [6, 6.07) is 7.88. The van der Waals surface area contributed by atoms with Crippen molar-refractivity contribution in [1.29, 1.82) is 0 Å². The Morgan fingerprint density at radius 1 is 1.44 bits per heavy atom. The van der Waals surface area contributed by atoms with Gasteiger partial charge in [0.05, 0.1) is 22.9 Å². The van der Waals surface area contributed by atoms with E-state index in [0.29, 0.717) is 17.4 Å². The van der Waals surface area contributed by atoms with Gasteiger partial charge in [-0.05, 0) is 43.5 Å². The maximum absolute atomic E-state index is 13.1. The van der Waals surface area contributed by atoms with Crippen LogP contribution in [-0.2, 0) is 11.8 Å². The molecule has 7 heteroatoms. The van der Waals surface area contributed by atoms with Crippen molar-refractivity contribution in [3.05, 3.63) is 41.7 Å². The molecule has 3 aromatic rings. The molecular weight excluding hydrogens is 336 g/mol. The first-order valence-corrected chi connectivity index (χ1v) is 9.22. The summed E-state index contributed by atoms with van der Waals surface area (Å²) in [5, 5.41) is 4.96. The largest absolute Gasteiger partial charge is 0.376 e. The van der Waals surface area contributed by atoms with Crippen LogP contribution in [0.5, 0.6) is 0 Å². The van der Waals surface area contributed by atoms with E-state index < -0.39 is 0 Å². The average molecular weight is 356 g/mol. The number of thiazole rings is 1. The molecule has 2 aromatic heterocycles. The number of aromatic nitrogens is 3. The number of aryl methyl sites for hydroxylation is 2. The van der Waals surface area contributed by atoms with Crippen molar-refractivity contribution in [2.24, 2.45) is 7.05 Å². The Balaban J connectivity index is 1.70. The summed E-state index contributed by atoms with van der Waals surface area (Å²) in [4.78, 5) is 19.5. The lowest BCUT2D eigenvalue weighted by Crippen LogP contribution is -2.37. The Morgan fingerprint density at radius 2 is 2.32 bits per heavy atom. The molecule has 0 unspecified atom stereocenters. The minimum atomic E-state index is -0.133. The van der Waals surface area contributed by atoms with Crippen molar-refractivity contribution in [3.63, 3.8) is 0 Å². The van der Waals surface area contributed by atoms with Crippen LogP contribution in [0.25, 0.3) is 10.2 Å². The van der Waals surface area contributed by atoms with Crippen LogP contribution in [0.3, 0.4) is 0 Å². The number of hydrogen-bond acceptors (Lipinski definition) is 5. The van der Waals surface area contributed by atoms with Gasteiger partial charge in [-0.15, -0.1) is 0 Å². The van der Waals surface area contributed by atoms with Gasteiger partial charge in [0.15, 0.2) is 10.8 Å². The van der Waals surface area contributed by atoms with E-state index in [1.54, 1.807) is 21.8 Å². The van der Waals surface area contributed by atoms with Crippen LogP contribution in [0.1, 0.15) is 28.9 Å². The van der Waals surface area contributed by atoms with E-state index in [9.17, 15) is 4.79 Å². The predicted molar refractivity (Wildman–Crippen MR) is 98.2 cm³/mol. The number of fused-ring (bicyclic) bond motifs is 1. The molecule has 0 bridgehead atoms. The highest BCUT2D eigenvalue weighted by molar-refractivity contribution is 7.22. The fraction of sp³-hybridized carbons (Fsp3) is 0.389. The van der Waals surface area contributed by atoms with Crippen molar-refractivity contribution in [2.75, 3.05) is 18.1 Å². The van der Waals surface area contributed by atoms with Crippen molar-refractivity contribution < 1.29 is 9.53 Å². The minimum absolute atomic E-state index is 0.0569. The molecule has 0 aliphatic carbocycles. The zero-order valence-electron chi connectivity index (χ0n) is 14.3. The van der Waals surface area contributed by atoms with Gasteiger partial charge in [-0.25, -0.2) is 4.98 Å². The number of rotatable bonds is 4. The smallest absolute Gasteiger partial charge is 0.280 e. The molecule has 1 saturated heterocycles. The van der Waals surface area contributed by atoms with Gasteiger partial charge in [0, 0.05) is 19.9 Å². The van der Waals surface area contributed by atoms with Gasteiger partial charge in [-0.1, -0.05) is 17.4 Å². The van der Waals surface area contributed by atoms with Crippen LogP contribution < -0.4 is 4.90 Å². The Hall–Kier alpha value is -2.25. The fourth-order valence-corrected chi connectivity index (χ4v) is 4.11. The molecule has 1 aliphatic rings. The van der Waals surface area contributed by atoms with E-state index in [1.165, 1.54) is 16.9 Å². The average Bonchev–Trinajstić information content (AvgIpc) is 3.31. The molecule has 1 aliphatic heterocycles. The fourth-order valence-electron chi connectivity index (χ4n) is 3.04. The first-order valence-electron chi connectivity index (χ1n) is 8.40. The molecule has 3 heterocycles. The molecule has 25 heavy (non-hydrogen) atoms. The summed E-state index contributed by atoms with van der Waals surface area (Å²) in [6.07, 6.45) is 3.84. The zero-order valence-corrected chi connectivity index (χ0v) is 15.1. The van der Waals surface area contributed by atoms with Crippen LogP contribution >= 0.6 is 11.3 Å². The highest BCUT2D eigenvalue weighted by Crippen LogP contribution is 2.31. The maximum atomic E-state index is 13.1. The van der Waals surface area contributed by atoms with Gasteiger partial charge in [0.25, 0.3) is 5.91 Å². The number of carbonyl (C=O) groups is 1. The van der Waals surface area contributed by atoms with E-state index in [0.717, 1.165) is 29.7 Å². The zero-order chi connectivity index (χ0) is 17.4. The van der Waals surface area contributed by atoms with Gasteiger partial charge in [0.2, 0.25) is 0 Å². The second-order valence-electron chi connectivity index (χ2n) is 6.39. The normalized spacial score (nSPS) is 17.3. The molecule has 0 radical (unpaired) electrons. The van der Waals surface area contributed by atoms with Crippen molar-refractivity contribution in [1.82, 2.24) is 14.8 Å². The van der Waals surface area contributed by atoms with Gasteiger partial charge >= 0.3 is 0 Å². The maximum Gasteiger partial charge on any atom is 0.280 e. The van der Waals surface area contributed by atoms with Crippen molar-refractivity contribution in [2.45, 2.75) is 25.9 Å². The molecule has 130 valence electrons. The van der Waals surface area contributed by atoms with Gasteiger partial charge in [0.1, 0.15) is 0 Å². The Kier molecular flexibility index (Phi) is 4.27. The number of ether oxygens (including phenoxy) is 1. The SMILES string of the molecule is Cc1ccc2nc(N(C[C@@H]3CCCO3)C(=O)c3ccn(C)n3)sc2c1. The monoisotopic (exact) mass is 356 g/mol. The van der Waals surface area contributed by atoms with Crippen LogP contribution in [0, 0.1) is 6.92 Å². The molecule has 1 fully saturated rings. The molecular formula is C18H20N4O2S. The molecule has 4 rings (SSSR count). The lowest BCUT2D eigenvalue weighted by Gasteiger charge is -2.22. The lowest BCUT2D eigenvalue weighted by atomic mass is 10.2. The topological polar surface area (TPSA) is 60.3 Å². The summed E-state index contributed by atoms with van der Waals surface area (Å²) in [6.45, 7) is 3.32. The van der Waals surface area contributed by atoms with Crippen molar-refractivity contribution >= 4 is 32.6 Å². The number of hydrogen-bond donors (Lipinski definition) is 0. The first-order chi connectivity index (χ1) is 12.1. The third-order valence-corrected chi connectivity index (χ3v) is 5.39. The molecule has 1 atom stereocenters.